The number of carboxylic acid groups (broad SMARTS) is 1. The van der Waals surface area contributed by atoms with Gasteiger partial charge in [0.05, 0.1) is 24.8 Å². The molecular weight excluding hydrogens is 176 g/mol. The Morgan fingerprint density at radius 2 is 2.00 bits per heavy atom. The van der Waals surface area contributed by atoms with E-state index in [1.807, 2.05) is 0 Å². The number of hydrogen-bond donors (Lipinski definition) is 0. The summed E-state index contributed by atoms with van der Waals surface area (Å²) >= 11 is 0. The minimum atomic E-state index is -1.20. The second-order valence-electron chi connectivity index (χ2n) is 2.93. The molecule has 0 radical (unpaired) electrons. The number of carbonyl (C=O) groups excluding carboxylic acids is 1. The van der Waals surface area contributed by atoms with Crippen molar-refractivity contribution in [2.24, 2.45) is 0 Å². The smallest absolute Gasteiger partial charge is 0.107 e. The van der Waals surface area contributed by atoms with Gasteiger partial charge in [0.25, 0.3) is 0 Å². The molecule has 0 saturated carbocycles. The zero-order valence-corrected chi connectivity index (χ0v) is 7.69. The van der Waals surface area contributed by atoms with Crippen molar-refractivity contribution in [2.75, 3.05) is 20.8 Å². The molecule has 76 valence electrons. The van der Waals surface area contributed by atoms with Crippen molar-refractivity contribution in [3.8, 4) is 0 Å². The van der Waals surface area contributed by atoms with Gasteiger partial charge in [-0.1, -0.05) is 0 Å². The van der Waals surface area contributed by atoms with Gasteiger partial charge < -0.3 is 24.1 Å². The molecule has 0 amide bonds. The van der Waals surface area contributed by atoms with Crippen molar-refractivity contribution in [2.45, 2.75) is 24.7 Å². The Hall–Kier alpha value is -0.650. The third-order valence-corrected chi connectivity index (χ3v) is 2.19. The molecule has 0 aromatic carbocycles. The molecule has 0 aromatic heterocycles. The van der Waals surface area contributed by atoms with Crippen LogP contribution in [-0.4, -0.2) is 45.1 Å². The maximum Gasteiger partial charge on any atom is 0.107 e. The summed E-state index contributed by atoms with van der Waals surface area (Å²) in [6.07, 6.45) is -1.03. The summed E-state index contributed by atoms with van der Waals surface area (Å²) < 4.78 is 15.1. The van der Waals surface area contributed by atoms with Gasteiger partial charge >= 0.3 is 0 Å². The first kappa shape index (κ1) is 10.4. The van der Waals surface area contributed by atoms with Gasteiger partial charge in [-0.25, -0.2) is 0 Å². The monoisotopic (exact) mass is 189 g/mol. The van der Waals surface area contributed by atoms with E-state index in [1.165, 1.54) is 7.11 Å². The van der Waals surface area contributed by atoms with Gasteiger partial charge in [-0.2, -0.15) is 0 Å². The highest BCUT2D eigenvalue weighted by Crippen LogP contribution is 2.18. The van der Waals surface area contributed by atoms with Crippen molar-refractivity contribution in [1.29, 1.82) is 0 Å². The van der Waals surface area contributed by atoms with Crippen molar-refractivity contribution in [1.82, 2.24) is 0 Å². The first-order valence-corrected chi connectivity index (χ1v) is 4.07. The number of carbonyl (C=O) groups is 1. The summed E-state index contributed by atoms with van der Waals surface area (Å²) in [6, 6.07) is 0. The Morgan fingerprint density at radius 3 is 2.46 bits per heavy atom. The van der Waals surface area contributed by atoms with Gasteiger partial charge in [0.1, 0.15) is 6.10 Å². The van der Waals surface area contributed by atoms with E-state index in [-0.39, 0.29) is 25.2 Å². The highest BCUT2D eigenvalue weighted by molar-refractivity contribution is 5.70. The standard InChI is InChI=1S/C8H14O5/c1-11-5-3-6(8(9)10)13-4-7(5)12-2/h5-7H,3-4H2,1-2H3,(H,9,10)/p-1/t5-,6?,7?/m1/s1. The van der Waals surface area contributed by atoms with Crippen LogP contribution in [0.15, 0.2) is 0 Å². The first-order valence-electron chi connectivity index (χ1n) is 4.07. The molecule has 0 N–H and O–H groups in total. The van der Waals surface area contributed by atoms with Crippen LogP contribution in [-0.2, 0) is 19.0 Å². The van der Waals surface area contributed by atoms with E-state index in [0.717, 1.165) is 0 Å². The number of ether oxygens (including phenoxy) is 3. The molecule has 1 rings (SSSR count). The maximum absolute atomic E-state index is 10.5. The summed E-state index contributed by atoms with van der Waals surface area (Å²) in [5.41, 5.74) is 0. The molecule has 0 spiro atoms. The van der Waals surface area contributed by atoms with E-state index in [1.54, 1.807) is 7.11 Å². The van der Waals surface area contributed by atoms with Gasteiger partial charge in [0, 0.05) is 20.6 Å². The Labute approximate surface area is 76.6 Å². The zero-order valence-electron chi connectivity index (χ0n) is 7.69. The van der Waals surface area contributed by atoms with Crippen LogP contribution in [0.2, 0.25) is 0 Å². The van der Waals surface area contributed by atoms with Crippen molar-refractivity contribution >= 4 is 5.97 Å². The van der Waals surface area contributed by atoms with Crippen LogP contribution in [0.5, 0.6) is 0 Å². The average Bonchev–Trinajstić information content (AvgIpc) is 2.16. The molecule has 1 saturated heterocycles. The molecule has 0 aromatic rings. The van der Waals surface area contributed by atoms with Crippen LogP contribution < -0.4 is 5.11 Å². The van der Waals surface area contributed by atoms with Gasteiger partial charge in [-0.3, -0.25) is 0 Å². The molecule has 5 nitrogen and oxygen atoms in total. The normalized spacial score (nSPS) is 34.5. The summed E-state index contributed by atoms with van der Waals surface area (Å²) in [4.78, 5) is 10.5. The predicted molar refractivity (Wildman–Crippen MR) is 41.0 cm³/mol. The third kappa shape index (κ3) is 2.40. The molecule has 1 aliphatic rings. The van der Waals surface area contributed by atoms with Gasteiger partial charge in [0.2, 0.25) is 0 Å². The van der Waals surface area contributed by atoms with Crippen molar-refractivity contribution in [3.63, 3.8) is 0 Å². The topological polar surface area (TPSA) is 67.8 Å². The summed E-state index contributed by atoms with van der Waals surface area (Å²) in [5.74, 6) is -1.20. The van der Waals surface area contributed by atoms with Crippen LogP contribution in [0.25, 0.3) is 0 Å². The fraction of sp³-hybridized carbons (Fsp3) is 0.875. The molecule has 1 heterocycles. The van der Waals surface area contributed by atoms with Crippen LogP contribution in [0, 0.1) is 0 Å². The average molecular weight is 189 g/mol. The lowest BCUT2D eigenvalue weighted by Crippen LogP contribution is -2.49. The molecular formula is C8H13O5-. The van der Waals surface area contributed by atoms with Gasteiger partial charge in [0.15, 0.2) is 0 Å². The Morgan fingerprint density at radius 1 is 1.38 bits per heavy atom. The fourth-order valence-corrected chi connectivity index (χ4v) is 1.38. The minimum absolute atomic E-state index is 0.194. The maximum atomic E-state index is 10.5. The molecule has 0 aliphatic carbocycles. The number of aliphatic carboxylic acids is 1. The molecule has 5 heteroatoms. The van der Waals surface area contributed by atoms with E-state index >= 15 is 0 Å². The van der Waals surface area contributed by atoms with Crippen LogP contribution >= 0.6 is 0 Å². The number of methoxy groups -OCH3 is 2. The van der Waals surface area contributed by atoms with Crippen molar-refractivity contribution in [3.05, 3.63) is 0 Å². The lowest BCUT2D eigenvalue weighted by atomic mass is 10.0. The van der Waals surface area contributed by atoms with Crippen LogP contribution in [0.3, 0.4) is 0 Å². The summed E-state index contributed by atoms with van der Waals surface area (Å²) in [6.45, 7) is 0.230. The van der Waals surface area contributed by atoms with Gasteiger partial charge in [-0.05, 0) is 0 Å². The lowest BCUT2D eigenvalue weighted by Gasteiger charge is -2.34. The lowest BCUT2D eigenvalue weighted by molar-refractivity contribution is -0.321. The molecule has 2 unspecified atom stereocenters. The van der Waals surface area contributed by atoms with Gasteiger partial charge in [-0.15, -0.1) is 0 Å². The Bertz CT molecular complexity index is 181. The molecule has 3 atom stereocenters. The summed E-state index contributed by atoms with van der Waals surface area (Å²) in [7, 11) is 3.06. The molecule has 13 heavy (non-hydrogen) atoms. The number of carboxylic acids is 1. The van der Waals surface area contributed by atoms with E-state index in [0.29, 0.717) is 0 Å². The van der Waals surface area contributed by atoms with Crippen molar-refractivity contribution < 1.29 is 24.1 Å². The third-order valence-electron chi connectivity index (χ3n) is 2.19. The van der Waals surface area contributed by atoms with Crippen LogP contribution in [0.1, 0.15) is 6.42 Å². The van der Waals surface area contributed by atoms with Crippen LogP contribution in [0.4, 0.5) is 0 Å². The minimum Gasteiger partial charge on any atom is -0.547 e. The van der Waals surface area contributed by atoms with E-state index < -0.39 is 12.1 Å². The molecule has 0 bridgehead atoms. The Balaban J connectivity index is 2.52. The predicted octanol–water partition coefficient (Wildman–Crippen LogP) is -1.44. The first-order chi connectivity index (χ1) is 6.19. The fourth-order valence-electron chi connectivity index (χ4n) is 1.38. The highest BCUT2D eigenvalue weighted by atomic mass is 16.6. The van der Waals surface area contributed by atoms with E-state index in [9.17, 15) is 9.90 Å². The number of hydrogen-bond acceptors (Lipinski definition) is 5. The second kappa shape index (κ2) is 4.55. The quantitative estimate of drug-likeness (QED) is 0.543. The summed E-state index contributed by atoms with van der Waals surface area (Å²) in [5, 5.41) is 10.5. The van der Waals surface area contributed by atoms with E-state index in [4.69, 9.17) is 14.2 Å². The molecule has 1 fully saturated rings. The SMILES string of the molecule is COC1COC(C(=O)[O-])C[C@H]1OC. The molecule has 1 aliphatic heterocycles. The number of rotatable bonds is 3. The zero-order chi connectivity index (χ0) is 9.84. The van der Waals surface area contributed by atoms with E-state index in [2.05, 4.69) is 0 Å². The second-order valence-corrected chi connectivity index (χ2v) is 2.93. The Kier molecular flexibility index (Phi) is 3.65. The largest absolute Gasteiger partial charge is 0.547 e. The highest BCUT2D eigenvalue weighted by Gasteiger charge is 2.31.